The van der Waals surface area contributed by atoms with Crippen LogP contribution in [0.2, 0.25) is 0 Å². The van der Waals surface area contributed by atoms with E-state index in [1.54, 1.807) is 12.4 Å². The molecule has 1 unspecified atom stereocenters. The summed E-state index contributed by atoms with van der Waals surface area (Å²) in [4.78, 5) is 59.4. The van der Waals surface area contributed by atoms with E-state index < -0.39 is 5.92 Å². The number of nitrogens with one attached hydrogen (secondary N) is 1. The first kappa shape index (κ1) is 37.7. The molecule has 1 aromatic heterocycles. The highest BCUT2D eigenvalue weighted by Crippen LogP contribution is 2.54. The zero-order chi connectivity index (χ0) is 38.9. The minimum absolute atomic E-state index is 0.0244. The van der Waals surface area contributed by atoms with Crippen LogP contribution in [0.25, 0.3) is 22.3 Å². The number of rotatable bonds is 12. The van der Waals surface area contributed by atoms with Crippen molar-refractivity contribution >= 4 is 40.4 Å². The van der Waals surface area contributed by atoms with Crippen LogP contribution in [0, 0.1) is 35.5 Å². The first-order valence-corrected chi connectivity index (χ1v) is 20.3. The van der Waals surface area contributed by atoms with Crippen molar-refractivity contribution in [2.24, 2.45) is 45.5 Å². The summed E-state index contributed by atoms with van der Waals surface area (Å²) in [6, 6.07) is 17.2. The normalized spacial score (nSPS) is 25.1. The number of nitrogens with zero attached hydrogens (tertiary/aromatic N) is 5. The topological polar surface area (TPSA) is 126 Å². The molecule has 3 fully saturated rings. The Hall–Kier alpha value is -5.25. The molecule has 0 radical (unpaired) electrons. The predicted octanol–water partition coefficient (Wildman–Crippen LogP) is 7.88. The molecule has 3 aromatic rings. The van der Waals surface area contributed by atoms with Gasteiger partial charge in [0.05, 0.1) is 31.5 Å². The molecular formula is C46H52N6O4. The van der Waals surface area contributed by atoms with Crippen molar-refractivity contribution in [3.63, 3.8) is 0 Å². The molecule has 2 amide bonds. The Morgan fingerprint density at radius 1 is 0.804 bits per heavy atom. The van der Waals surface area contributed by atoms with Crippen LogP contribution in [0.4, 0.5) is 0 Å². The van der Waals surface area contributed by atoms with Gasteiger partial charge in [-0.15, -0.1) is 0 Å². The third-order valence-electron chi connectivity index (χ3n) is 13.1. The second-order valence-electron chi connectivity index (χ2n) is 16.7. The average Bonchev–Trinajstić information content (AvgIpc) is 4.08. The second kappa shape index (κ2) is 16.1. The summed E-state index contributed by atoms with van der Waals surface area (Å²) in [7, 11) is 1.37. The minimum atomic E-state index is -0.398. The molecule has 2 aliphatic carbocycles. The molecule has 10 heteroatoms. The molecule has 56 heavy (non-hydrogen) atoms. The number of aliphatic imine (C=N–C) groups is 2. The summed E-state index contributed by atoms with van der Waals surface area (Å²) in [5, 5.41) is 3.27. The van der Waals surface area contributed by atoms with E-state index in [2.05, 4.69) is 63.8 Å². The minimum Gasteiger partial charge on any atom is -0.469 e. The van der Waals surface area contributed by atoms with Gasteiger partial charge < -0.3 is 15.0 Å². The van der Waals surface area contributed by atoms with E-state index in [-0.39, 0.29) is 54.0 Å². The number of esters is 1. The van der Waals surface area contributed by atoms with Gasteiger partial charge in [0, 0.05) is 73.0 Å². The van der Waals surface area contributed by atoms with Crippen molar-refractivity contribution in [3.8, 4) is 11.1 Å². The predicted molar refractivity (Wildman–Crippen MR) is 218 cm³/mol. The zero-order valence-corrected chi connectivity index (χ0v) is 32.9. The largest absolute Gasteiger partial charge is 0.469 e. The first-order valence-electron chi connectivity index (χ1n) is 20.3. The summed E-state index contributed by atoms with van der Waals surface area (Å²) in [5.74, 6) is 0.520. The quantitative estimate of drug-likeness (QED) is 0.188. The highest BCUT2D eigenvalue weighted by molar-refractivity contribution is 6.04. The van der Waals surface area contributed by atoms with Gasteiger partial charge in [-0.25, -0.2) is 9.97 Å². The SMILES string of the molecule is COC(=O)C[C@H](C(=O)N1CCC[C@H]1C1=NC=C(c2ccc(-c3ccc(C4=CN=C([C@@H]5[C@H]6CC[C@H](C6)[C@H]5C(=O)NC(C)c5cncnc5)C4)cc3)cc2)C1)C(C)C. The van der Waals surface area contributed by atoms with Crippen LogP contribution < -0.4 is 5.32 Å². The Morgan fingerprint density at radius 2 is 1.39 bits per heavy atom. The number of carbonyl (C=O) groups is 3. The molecule has 5 aliphatic rings. The smallest absolute Gasteiger partial charge is 0.306 e. The number of likely N-dealkylation sites (tertiary alicyclic amines) is 1. The fraction of sp³-hybridized carbons (Fsp3) is 0.457. The summed E-state index contributed by atoms with van der Waals surface area (Å²) in [6.07, 6.45) is 15.8. The van der Waals surface area contributed by atoms with Crippen molar-refractivity contribution < 1.29 is 19.1 Å². The highest BCUT2D eigenvalue weighted by atomic mass is 16.5. The Bertz CT molecular complexity index is 2090. The van der Waals surface area contributed by atoms with E-state index in [1.807, 2.05) is 38.1 Å². The molecule has 1 saturated heterocycles. The number of fused-ring (bicyclic) bond motifs is 2. The number of hydrogen-bond acceptors (Lipinski definition) is 8. The molecule has 4 heterocycles. The summed E-state index contributed by atoms with van der Waals surface area (Å²) in [5.41, 5.74) is 10.0. The van der Waals surface area contributed by atoms with E-state index in [9.17, 15) is 14.4 Å². The number of hydrogen-bond donors (Lipinski definition) is 1. The number of benzene rings is 2. The van der Waals surface area contributed by atoms with Gasteiger partial charge in [0.2, 0.25) is 11.8 Å². The number of ether oxygens (including phenoxy) is 1. The van der Waals surface area contributed by atoms with Gasteiger partial charge in [-0.2, -0.15) is 0 Å². The van der Waals surface area contributed by atoms with Gasteiger partial charge in [0.25, 0.3) is 0 Å². The molecule has 2 bridgehead atoms. The molecule has 7 atom stereocenters. The van der Waals surface area contributed by atoms with Gasteiger partial charge in [-0.05, 0) is 90.2 Å². The Balaban J connectivity index is 0.867. The number of amides is 2. The number of allylic oxidation sites excluding steroid dienone is 2. The fourth-order valence-corrected chi connectivity index (χ4v) is 9.95. The number of aromatic nitrogens is 2. The molecule has 1 N–H and O–H groups in total. The molecule has 2 saturated carbocycles. The number of carbonyl (C=O) groups excluding carboxylic acids is 3. The van der Waals surface area contributed by atoms with Crippen LogP contribution >= 0.6 is 0 Å². The van der Waals surface area contributed by atoms with Crippen LogP contribution in [-0.4, -0.2) is 63.8 Å². The lowest BCUT2D eigenvalue weighted by atomic mass is 9.74. The van der Waals surface area contributed by atoms with E-state index >= 15 is 0 Å². The third-order valence-corrected chi connectivity index (χ3v) is 13.1. The van der Waals surface area contributed by atoms with Crippen molar-refractivity contribution in [1.82, 2.24) is 20.2 Å². The molecular weight excluding hydrogens is 701 g/mol. The van der Waals surface area contributed by atoms with Gasteiger partial charge in [-0.1, -0.05) is 62.4 Å². The standard InChI is InChI=1S/C46H52N6O4/c1-27(2)38(21-42(53)56-4)46(55)52-17-5-6-41(52)39-19-35(24-49-39)31-11-7-29(8-12-31)30-9-13-32(14-10-30)36-20-40(50-25-36)43-33-15-16-34(18-33)44(43)45(54)51-28(3)37-22-47-26-48-23-37/h7-14,22-28,33-34,38,41,43-44H,5-6,15-21H2,1-4H3,(H,51,54)/t28?,33-,34+,38-,41-,43-,44+/m0/s1. The van der Waals surface area contributed by atoms with Crippen molar-refractivity contribution in [1.29, 1.82) is 0 Å². The van der Waals surface area contributed by atoms with Crippen LogP contribution in [-0.2, 0) is 19.1 Å². The van der Waals surface area contributed by atoms with Gasteiger partial charge in [0.15, 0.2) is 0 Å². The zero-order valence-electron chi connectivity index (χ0n) is 32.9. The number of methoxy groups -OCH3 is 1. The van der Waals surface area contributed by atoms with E-state index in [1.165, 1.54) is 25.4 Å². The van der Waals surface area contributed by atoms with E-state index in [0.29, 0.717) is 24.8 Å². The highest BCUT2D eigenvalue weighted by Gasteiger charge is 2.53. The van der Waals surface area contributed by atoms with Crippen molar-refractivity contribution in [3.05, 3.63) is 96.3 Å². The average molecular weight is 753 g/mol. The van der Waals surface area contributed by atoms with Gasteiger partial charge in [-0.3, -0.25) is 24.4 Å². The lowest BCUT2D eigenvalue weighted by molar-refractivity contribution is -0.148. The third kappa shape index (κ3) is 7.50. The molecule has 290 valence electrons. The maximum absolute atomic E-state index is 13.7. The van der Waals surface area contributed by atoms with Crippen molar-refractivity contribution in [2.75, 3.05) is 13.7 Å². The first-order chi connectivity index (χ1) is 27.2. The van der Waals surface area contributed by atoms with Crippen LogP contribution in [0.1, 0.15) is 94.9 Å². The lowest BCUT2D eigenvalue weighted by Crippen LogP contribution is -2.45. The summed E-state index contributed by atoms with van der Waals surface area (Å²) < 4.78 is 4.89. The van der Waals surface area contributed by atoms with Crippen LogP contribution in [0.5, 0.6) is 0 Å². The molecule has 2 aromatic carbocycles. The molecule has 8 rings (SSSR count). The fourth-order valence-electron chi connectivity index (χ4n) is 9.95. The summed E-state index contributed by atoms with van der Waals surface area (Å²) in [6.45, 7) is 6.66. The van der Waals surface area contributed by atoms with Crippen LogP contribution in [0.15, 0.2) is 89.6 Å². The lowest BCUT2D eigenvalue weighted by Gasteiger charge is -2.31. The van der Waals surface area contributed by atoms with Crippen molar-refractivity contribution in [2.45, 2.75) is 84.2 Å². The Labute approximate surface area is 329 Å². The van der Waals surface area contributed by atoms with Crippen LogP contribution in [0.3, 0.4) is 0 Å². The molecule has 0 spiro atoms. The summed E-state index contributed by atoms with van der Waals surface area (Å²) >= 11 is 0. The second-order valence-corrected chi connectivity index (χ2v) is 16.7. The van der Waals surface area contributed by atoms with E-state index in [4.69, 9.17) is 14.7 Å². The van der Waals surface area contributed by atoms with E-state index in [0.717, 1.165) is 76.9 Å². The van der Waals surface area contributed by atoms with Gasteiger partial charge in [0.1, 0.15) is 6.33 Å². The maximum atomic E-state index is 13.7. The monoisotopic (exact) mass is 752 g/mol. The maximum Gasteiger partial charge on any atom is 0.306 e. The molecule has 10 nitrogen and oxygen atoms in total. The Morgan fingerprint density at radius 3 is 2.02 bits per heavy atom. The molecule has 3 aliphatic heterocycles. The van der Waals surface area contributed by atoms with Gasteiger partial charge >= 0.3 is 5.97 Å². The Kier molecular flexibility index (Phi) is 10.8.